The summed E-state index contributed by atoms with van der Waals surface area (Å²) in [6.07, 6.45) is 0. The van der Waals surface area contributed by atoms with Gasteiger partial charge < -0.3 is 4.74 Å². The van der Waals surface area contributed by atoms with E-state index in [-0.39, 0.29) is 5.91 Å². The van der Waals surface area contributed by atoms with Crippen LogP contribution in [0.15, 0.2) is 46.9 Å². The van der Waals surface area contributed by atoms with Crippen molar-refractivity contribution >= 4 is 50.0 Å². The number of amides is 1. The Kier molecular flexibility index (Phi) is 4.46. The van der Waals surface area contributed by atoms with Gasteiger partial charge in [-0.25, -0.2) is 0 Å². The maximum absolute atomic E-state index is 13.0. The number of fused-ring (bicyclic) bond motifs is 2. The number of para-hydroxylation sites is 3. The van der Waals surface area contributed by atoms with Crippen molar-refractivity contribution in [3.05, 3.63) is 63.2 Å². The van der Waals surface area contributed by atoms with Crippen molar-refractivity contribution in [1.29, 1.82) is 0 Å². The highest BCUT2D eigenvalue weighted by Gasteiger charge is 2.23. The summed E-state index contributed by atoms with van der Waals surface area (Å²) in [5, 5.41) is 2.91. The minimum absolute atomic E-state index is 0.293. The van der Waals surface area contributed by atoms with Crippen LogP contribution in [-0.4, -0.2) is 24.0 Å². The van der Waals surface area contributed by atoms with Crippen LogP contribution < -0.4 is 15.2 Å². The number of anilines is 1. The maximum Gasteiger partial charge on any atom is 0.273 e. The Labute approximate surface area is 164 Å². The van der Waals surface area contributed by atoms with E-state index in [9.17, 15) is 4.79 Å². The monoisotopic (exact) mass is 431 g/mol. The summed E-state index contributed by atoms with van der Waals surface area (Å²) in [4.78, 5) is 17.5. The highest BCUT2D eigenvalue weighted by Crippen LogP contribution is 2.33. The van der Waals surface area contributed by atoms with Gasteiger partial charge >= 0.3 is 0 Å². The number of nitrogens with zero attached hydrogens (tertiary/aromatic N) is 2. The first-order chi connectivity index (χ1) is 12.6. The van der Waals surface area contributed by atoms with E-state index in [1.54, 1.807) is 11.9 Å². The molecule has 26 heavy (non-hydrogen) atoms. The number of hydrazine groups is 1. The van der Waals surface area contributed by atoms with E-state index in [1.807, 2.05) is 42.5 Å². The van der Waals surface area contributed by atoms with Gasteiger partial charge in [0.2, 0.25) is 0 Å². The molecular formula is C19H15BrClN3O2. The molecule has 132 valence electrons. The maximum atomic E-state index is 13.0. The van der Waals surface area contributed by atoms with Gasteiger partial charge in [0.25, 0.3) is 5.91 Å². The minimum Gasteiger partial charge on any atom is -0.489 e. The molecule has 7 heteroatoms. The Morgan fingerprint density at radius 1 is 1.27 bits per heavy atom. The SMILES string of the molecule is Cc1nc2c(Br)cccc2c(Cl)c1C(=O)NN1CCOc2ccccc21. The van der Waals surface area contributed by atoms with Crippen LogP contribution in [0.4, 0.5) is 5.69 Å². The van der Waals surface area contributed by atoms with Crippen LogP contribution >= 0.6 is 27.5 Å². The number of ether oxygens (including phenoxy) is 1. The number of rotatable bonds is 2. The number of benzene rings is 2. The van der Waals surface area contributed by atoms with Crippen molar-refractivity contribution in [2.24, 2.45) is 0 Å². The van der Waals surface area contributed by atoms with Crippen molar-refractivity contribution in [3.63, 3.8) is 0 Å². The summed E-state index contributed by atoms with van der Waals surface area (Å²) in [7, 11) is 0. The number of hydrogen-bond donors (Lipinski definition) is 1. The van der Waals surface area contributed by atoms with Gasteiger partial charge in [-0.2, -0.15) is 0 Å². The molecule has 0 spiro atoms. The van der Waals surface area contributed by atoms with Crippen molar-refractivity contribution in [3.8, 4) is 5.75 Å². The van der Waals surface area contributed by atoms with Crippen molar-refractivity contribution in [1.82, 2.24) is 10.4 Å². The van der Waals surface area contributed by atoms with E-state index < -0.39 is 0 Å². The first-order valence-corrected chi connectivity index (χ1v) is 9.28. The van der Waals surface area contributed by atoms with E-state index in [0.29, 0.717) is 29.4 Å². The predicted molar refractivity (Wildman–Crippen MR) is 106 cm³/mol. The molecule has 0 fully saturated rings. The van der Waals surface area contributed by atoms with Crippen LogP contribution in [0.3, 0.4) is 0 Å². The number of halogens is 2. The molecule has 0 unspecified atom stereocenters. The van der Waals surface area contributed by atoms with E-state index >= 15 is 0 Å². The molecule has 1 amide bonds. The molecule has 4 rings (SSSR count). The number of aryl methyl sites for hydroxylation is 1. The molecule has 2 aromatic carbocycles. The third-order valence-electron chi connectivity index (χ3n) is 4.28. The Balaban J connectivity index is 1.72. The number of nitrogens with one attached hydrogen (secondary N) is 1. The lowest BCUT2D eigenvalue weighted by Gasteiger charge is -2.31. The molecule has 0 aliphatic carbocycles. The average molecular weight is 433 g/mol. The first kappa shape index (κ1) is 17.1. The standard InChI is InChI=1S/C19H15BrClN3O2/c1-11-16(17(21)12-5-4-6-13(20)18(12)22-11)19(25)23-24-9-10-26-15-8-3-2-7-14(15)24/h2-8H,9-10H2,1H3,(H,23,25). The molecule has 1 aliphatic rings. The van der Waals surface area contributed by atoms with Gasteiger partial charge in [0, 0.05) is 9.86 Å². The van der Waals surface area contributed by atoms with E-state index in [4.69, 9.17) is 16.3 Å². The van der Waals surface area contributed by atoms with Gasteiger partial charge in [0.15, 0.2) is 0 Å². The normalized spacial score (nSPS) is 13.3. The summed E-state index contributed by atoms with van der Waals surface area (Å²) < 4.78 is 6.46. The fourth-order valence-electron chi connectivity index (χ4n) is 3.05. The zero-order valence-corrected chi connectivity index (χ0v) is 16.3. The largest absolute Gasteiger partial charge is 0.489 e. The molecule has 2 heterocycles. The highest BCUT2D eigenvalue weighted by atomic mass is 79.9. The van der Waals surface area contributed by atoms with E-state index in [0.717, 1.165) is 26.8 Å². The van der Waals surface area contributed by atoms with Crippen LogP contribution in [0.5, 0.6) is 5.75 Å². The number of hydrogen-bond acceptors (Lipinski definition) is 4. The van der Waals surface area contributed by atoms with Crippen LogP contribution in [-0.2, 0) is 0 Å². The second kappa shape index (κ2) is 6.78. The summed E-state index contributed by atoms with van der Waals surface area (Å²) in [6, 6.07) is 13.2. The number of aromatic nitrogens is 1. The van der Waals surface area contributed by atoms with Gasteiger partial charge in [0.05, 0.1) is 34.0 Å². The van der Waals surface area contributed by atoms with Gasteiger partial charge in [-0.05, 0) is 41.1 Å². The lowest BCUT2D eigenvalue weighted by atomic mass is 10.1. The quantitative estimate of drug-likeness (QED) is 0.648. The Morgan fingerprint density at radius 2 is 2.08 bits per heavy atom. The van der Waals surface area contributed by atoms with E-state index in [2.05, 4.69) is 26.3 Å². The number of pyridine rings is 1. The third kappa shape index (κ3) is 2.89. The molecule has 0 atom stereocenters. The second-order valence-electron chi connectivity index (χ2n) is 5.93. The smallest absolute Gasteiger partial charge is 0.273 e. The molecule has 0 saturated carbocycles. The molecule has 1 aliphatic heterocycles. The van der Waals surface area contributed by atoms with Crippen LogP contribution in [0.1, 0.15) is 16.1 Å². The number of carbonyl (C=O) groups excluding carboxylic acids is 1. The van der Waals surface area contributed by atoms with Crippen LogP contribution in [0.2, 0.25) is 5.02 Å². The lowest BCUT2D eigenvalue weighted by molar-refractivity contribution is 0.0944. The van der Waals surface area contributed by atoms with Gasteiger partial charge in [-0.1, -0.05) is 35.9 Å². The fraction of sp³-hybridized carbons (Fsp3) is 0.158. The van der Waals surface area contributed by atoms with Gasteiger partial charge in [0.1, 0.15) is 12.4 Å². The molecule has 1 aromatic heterocycles. The molecule has 5 nitrogen and oxygen atoms in total. The van der Waals surface area contributed by atoms with Crippen LogP contribution in [0, 0.1) is 6.92 Å². The topological polar surface area (TPSA) is 54.5 Å². The molecule has 3 aromatic rings. The minimum atomic E-state index is -0.293. The van der Waals surface area contributed by atoms with Crippen LogP contribution in [0.25, 0.3) is 10.9 Å². The molecule has 0 radical (unpaired) electrons. The fourth-order valence-corrected chi connectivity index (χ4v) is 3.88. The summed E-state index contributed by atoms with van der Waals surface area (Å²) in [6.45, 7) is 2.83. The number of carbonyl (C=O) groups is 1. The molecular weight excluding hydrogens is 418 g/mol. The predicted octanol–water partition coefficient (Wildman–Crippen LogP) is 4.50. The molecule has 0 bridgehead atoms. The zero-order valence-electron chi connectivity index (χ0n) is 13.9. The third-order valence-corrected chi connectivity index (χ3v) is 5.31. The van der Waals surface area contributed by atoms with Crippen molar-refractivity contribution in [2.75, 3.05) is 18.2 Å². The summed E-state index contributed by atoms with van der Waals surface area (Å²) in [5.41, 5.74) is 5.44. The Hall–Kier alpha value is -2.31. The van der Waals surface area contributed by atoms with Crippen molar-refractivity contribution < 1.29 is 9.53 Å². The Morgan fingerprint density at radius 3 is 2.92 bits per heavy atom. The molecule has 1 N–H and O–H groups in total. The van der Waals surface area contributed by atoms with E-state index in [1.165, 1.54) is 0 Å². The molecule has 0 saturated heterocycles. The Bertz CT molecular complexity index is 1030. The van der Waals surface area contributed by atoms with Gasteiger partial charge in [-0.3, -0.25) is 20.2 Å². The summed E-state index contributed by atoms with van der Waals surface area (Å²) in [5.74, 6) is 0.445. The second-order valence-corrected chi connectivity index (χ2v) is 7.16. The lowest BCUT2D eigenvalue weighted by Crippen LogP contribution is -2.47. The summed E-state index contributed by atoms with van der Waals surface area (Å²) >= 11 is 10.0. The average Bonchev–Trinajstić information content (AvgIpc) is 2.63. The van der Waals surface area contributed by atoms with Gasteiger partial charge in [-0.15, -0.1) is 0 Å². The highest BCUT2D eigenvalue weighted by molar-refractivity contribution is 9.10. The first-order valence-electron chi connectivity index (χ1n) is 8.11. The zero-order chi connectivity index (χ0) is 18.3. The van der Waals surface area contributed by atoms with Crippen molar-refractivity contribution in [2.45, 2.75) is 6.92 Å².